The Kier molecular flexibility index (Phi) is 166. The molecule has 0 N–H and O–H groups in total. The van der Waals surface area contributed by atoms with Gasteiger partial charge in [0.15, 0.2) is 12.5 Å². The summed E-state index contributed by atoms with van der Waals surface area (Å²) in [7, 11) is 0. The zero-order valence-electron chi connectivity index (χ0n) is 2.20. The van der Waals surface area contributed by atoms with Crippen LogP contribution in [0.5, 0.6) is 0 Å². The van der Waals surface area contributed by atoms with Crippen molar-refractivity contribution in [3.8, 4) is 0 Å². The van der Waals surface area contributed by atoms with Gasteiger partial charge >= 0.3 is 0 Å². The molecule has 0 rings (SSSR count). The van der Waals surface area contributed by atoms with Gasteiger partial charge in [-0.1, -0.05) is 0 Å². The van der Waals surface area contributed by atoms with Gasteiger partial charge in [0.2, 0.25) is 0 Å². The third kappa shape index (κ3) is 21.3. The summed E-state index contributed by atoms with van der Waals surface area (Å²) in [6.45, 7) is 0. The Morgan fingerprint density at radius 2 is 1.20 bits per heavy atom. The molecule has 0 aliphatic rings. The van der Waals surface area contributed by atoms with Crippen LogP contribution >= 0.6 is 0 Å². The van der Waals surface area contributed by atoms with Gasteiger partial charge in [0.1, 0.15) is 0 Å². The molecule has 0 bridgehead atoms. The van der Waals surface area contributed by atoms with E-state index in [4.69, 9.17) is 4.21 Å². The predicted molar refractivity (Wildman–Crippen MR) is 8.14 cm³/mol. The Hall–Kier alpha value is 2.45. The average Bonchev–Trinajstić information content (AvgIpc) is 1.00. The molecule has 0 aliphatic heterocycles. The Bertz CT molecular complexity index is 11.6. The van der Waals surface area contributed by atoms with E-state index in [9.17, 15) is 0 Å². The van der Waals surface area contributed by atoms with Crippen molar-refractivity contribution in [2.75, 3.05) is 0 Å². The van der Waals surface area contributed by atoms with Crippen LogP contribution in [-0.4, -0.2) is 4.21 Å². The summed E-state index contributed by atoms with van der Waals surface area (Å²) in [5, 5.41) is 0. The van der Waals surface area contributed by atoms with Crippen LogP contribution in [0, 0.1) is 35.6 Å². The van der Waals surface area contributed by atoms with E-state index >= 15 is 0 Å². The Morgan fingerprint density at radius 1 is 1.20 bits per heavy atom. The summed E-state index contributed by atoms with van der Waals surface area (Å²) in [5.41, 5.74) is 0. The molecule has 0 aliphatic carbocycles. The van der Waals surface area contributed by atoms with E-state index in [-0.39, 0.29) is 74.4 Å². The van der Waals surface area contributed by atoms with E-state index in [0.29, 0.717) is 0 Å². The molecular formula is CuLaOSTi. The van der Waals surface area contributed by atoms with Gasteiger partial charge < -0.3 is 0 Å². The van der Waals surface area contributed by atoms with Crippen LogP contribution in [0.15, 0.2) is 0 Å². The normalized spacial score (nSPS) is 0.800. The first-order valence-corrected chi connectivity index (χ1v) is 0.500. The van der Waals surface area contributed by atoms with Crippen LogP contribution in [0.1, 0.15) is 0 Å². The fourth-order valence-corrected chi connectivity index (χ4v) is 0. The number of rotatable bonds is 0. The molecule has 0 heterocycles. The second kappa shape index (κ2) is 31.9. The van der Waals surface area contributed by atoms with E-state index in [1.165, 1.54) is 0 Å². The maximum absolute atomic E-state index is 7.83. The molecule has 1 nitrogen and oxygen atoms in total. The van der Waals surface area contributed by atoms with Gasteiger partial charge in [-0.2, -0.15) is 4.21 Å². The summed E-state index contributed by atoms with van der Waals surface area (Å²) in [6.07, 6.45) is 0. The van der Waals surface area contributed by atoms with E-state index in [0.717, 1.165) is 0 Å². The molecule has 0 fully saturated rings. The average molecular weight is 298 g/mol. The van der Waals surface area contributed by atoms with Crippen molar-refractivity contribution < 1.29 is 78.6 Å². The second-order valence-electron chi connectivity index (χ2n) is 0. The summed E-state index contributed by atoms with van der Waals surface area (Å²) < 4.78 is 7.83. The summed E-state index contributed by atoms with van der Waals surface area (Å²) >= 11 is 2.83. The molecule has 0 aromatic heterocycles. The Balaban J connectivity index is -0.00000000167. The number of hydrogen-bond donors (Lipinski definition) is 0. The second-order valence-corrected chi connectivity index (χ2v) is 0. The van der Waals surface area contributed by atoms with Crippen LogP contribution in [-0.2, 0) is 51.3 Å². The molecule has 0 amide bonds. The fraction of sp³-hybridized carbons (Fsp3) is 0. The van der Waals surface area contributed by atoms with Crippen molar-refractivity contribution in [3.63, 3.8) is 0 Å². The first-order chi connectivity index (χ1) is 1.00. The Labute approximate surface area is 89.5 Å². The van der Waals surface area contributed by atoms with E-state index < -0.39 is 0 Å². The number of hydrogen-bond acceptors (Lipinski definition) is 2. The quantitative estimate of drug-likeness (QED) is 0.569. The van der Waals surface area contributed by atoms with Gasteiger partial charge in [0.05, 0.1) is 0 Å². The first-order valence-electron chi connectivity index (χ1n) is 0.167. The monoisotopic (exact) mass is 298 g/mol. The minimum absolute atomic E-state index is 0. The van der Waals surface area contributed by atoms with E-state index in [1.54, 1.807) is 0 Å². The van der Waals surface area contributed by atoms with Crippen molar-refractivity contribution in [1.82, 2.24) is 0 Å². The standard InChI is InChI=1S/Cu.La.OS.Ti/c;;1-2;. The van der Waals surface area contributed by atoms with Crippen molar-refractivity contribution in [3.05, 3.63) is 0 Å². The molecule has 0 unspecified atom stereocenters. The SMILES string of the molecule is O=S.[Cu].[La].[Ti]. The topological polar surface area (TPSA) is 17.1 Å². The molecule has 0 spiro atoms. The largest absolute Gasteiger partial charge is 0.197 e. The van der Waals surface area contributed by atoms with Crippen LogP contribution in [0.2, 0.25) is 0 Å². The van der Waals surface area contributed by atoms with Gasteiger partial charge in [-0.3, -0.25) is 0 Å². The van der Waals surface area contributed by atoms with Gasteiger partial charge in [0, 0.05) is 74.4 Å². The van der Waals surface area contributed by atoms with Crippen molar-refractivity contribution >= 4 is 12.5 Å². The zero-order valence-corrected chi connectivity index (χ0v) is 9.14. The van der Waals surface area contributed by atoms with Gasteiger partial charge in [-0.05, 0) is 0 Å². The van der Waals surface area contributed by atoms with Crippen LogP contribution < -0.4 is 0 Å². The minimum Gasteiger partial charge on any atom is -0.197 e. The molecule has 0 aromatic carbocycles. The van der Waals surface area contributed by atoms with E-state index in [1.807, 2.05) is 0 Å². The molecule has 0 aromatic rings. The predicted octanol–water partition coefficient (Wildman–Crippen LogP) is -0.341. The van der Waals surface area contributed by atoms with Gasteiger partial charge in [0.25, 0.3) is 0 Å². The smallest absolute Gasteiger partial charge is 0.197 e. The summed E-state index contributed by atoms with van der Waals surface area (Å²) in [4.78, 5) is 0. The van der Waals surface area contributed by atoms with Crippen LogP contribution in [0.3, 0.4) is 0 Å². The zero-order chi connectivity index (χ0) is 2.00. The van der Waals surface area contributed by atoms with Crippen molar-refractivity contribution in [2.24, 2.45) is 0 Å². The third-order valence-electron chi connectivity index (χ3n) is 0. The molecule has 2 radical (unpaired) electrons. The molecule has 5 heteroatoms. The molecule has 5 heavy (non-hydrogen) atoms. The van der Waals surface area contributed by atoms with Crippen molar-refractivity contribution in [2.45, 2.75) is 0 Å². The third-order valence-corrected chi connectivity index (χ3v) is 0. The van der Waals surface area contributed by atoms with Gasteiger partial charge in [-0.15, -0.1) is 0 Å². The minimum atomic E-state index is 0. The molecule has 0 atom stereocenters. The van der Waals surface area contributed by atoms with Crippen LogP contribution in [0.25, 0.3) is 0 Å². The fourth-order valence-electron chi connectivity index (χ4n) is 0. The van der Waals surface area contributed by atoms with E-state index in [2.05, 4.69) is 12.5 Å². The Morgan fingerprint density at radius 3 is 1.20 bits per heavy atom. The van der Waals surface area contributed by atoms with Crippen LogP contribution in [0.4, 0.5) is 0 Å². The maximum Gasteiger partial charge on any atom is 0.197 e. The molecular weight excluding hydrogens is 298 g/mol. The summed E-state index contributed by atoms with van der Waals surface area (Å²) in [5.74, 6) is 0. The first kappa shape index (κ1) is 26.0. The molecule has 0 saturated heterocycles. The maximum atomic E-state index is 7.83. The molecule has 0 saturated carbocycles. The summed E-state index contributed by atoms with van der Waals surface area (Å²) in [6, 6.07) is 0. The van der Waals surface area contributed by atoms with Gasteiger partial charge in [-0.25, -0.2) is 0 Å². The van der Waals surface area contributed by atoms with Crippen molar-refractivity contribution in [1.29, 1.82) is 0 Å². The molecule has 30 valence electrons.